The third-order valence-electron chi connectivity index (χ3n) is 2.86. The smallest absolute Gasteiger partial charge is 0.209 e. The molecule has 2 rings (SSSR count). The Morgan fingerprint density at radius 2 is 1.94 bits per heavy atom. The maximum Gasteiger partial charge on any atom is 0.209 e. The zero-order chi connectivity index (χ0) is 12.5. The first kappa shape index (κ1) is 12.5. The summed E-state index contributed by atoms with van der Waals surface area (Å²) in [6.45, 7) is 2.61. The Labute approximate surface area is 102 Å². The number of rotatable bonds is 3. The Balaban J connectivity index is 2.17. The molecule has 1 fully saturated rings. The van der Waals surface area contributed by atoms with Crippen molar-refractivity contribution in [2.24, 2.45) is 0 Å². The van der Waals surface area contributed by atoms with Crippen molar-refractivity contribution in [1.82, 2.24) is 4.72 Å². The van der Waals surface area contributed by atoms with E-state index in [0.29, 0.717) is 13.0 Å². The molecular formula is C12H17NO3S. The van der Waals surface area contributed by atoms with Gasteiger partial charge in [0, 0.05) is 6.61 Å². The van der Waals surface area contributed by atoms with Crippen LogP contribution in [0.2, 0.25) is 0 Å². The summed E-state index contributed by atoms with van der Waals surface area (Å²) < 4.78 is 30.7. The molecule has 0 aliphatic carbocycles. The Kier molecular flexibility index (Phi) is 3.51. The Morgan fingerprint density at radius 1 is 1.29 bits per heavy atom. The number of aryl methyl sites for hydroxylation is 1. The molecule has 1 heterocycles. The second kappa shape index (κ2) is 4.76. The molecule has 4 nitrogen and oxygen atoms in total. The highest BCUT2D eigenvalue weighted by atomic mass is 32.2. The molecule has 1 aromatic rings. The summed E-state index contributed by atoms with van der Waals surface area (Å²) >= 11 is 0. The van der Waals surface area contributed by atoms with Crippen molar-refractivity contribution < 1.29 is 13.2 Å². The van der Waals surface area contributed by atoms with Crippen LogP contribution in [0.4, 0.5) is 0 Å². The van der Waals surface area contributed by atoms with Crippen LogP contribution in [0, 0.1) is 6.92 Å². The second-order valence-electron chi connectivity index (χ2n) is 4.49. The monoisotopic (exact) mass is 255 g/mol. The van der Waals surface area contributed by atoms with Gasteiger partial charge in [0.15, 0.2) is 0 Å². The minimum atomic E-state index is -3.19. The topological polar surface area (TPSA) is 55.4 Å². The number of hydrogen-bond acceptors (Lipinski definition) is 3. The molecule has 2 atom stereocenters. The molecule has 1 N–H and O–H groups in total. The van der Waals surface area contributed by atoms with Gasteiger partial charge >= 0.3 is 0 Å². The van der Waals surface area contributed by atoms with Gasteiger partial charge in [0.25, 0.3) is 0 Å². The zero-order valence-corrected chi connectivity index (χ0v) is 10.8. The Morgan fingerprint density at radius 3 is 2.53 bits per heavy atom. The summed E-state index contributed by atoms with van der Waals surface area (Å²) in [6.07, 6.45) is 1.72. The van der Waals surface area contributed by atoms with Gasteiger partial charge in [0.05, 0.1) is 18.4 Å². The fourth-order valence-corrected chi connectivity index (χ4v) is 2.86. The van der Waals surface area contributed by atoms with Gasteiger partial charge in [-0.15, -0.1) is 0 Å². The van der Waals surface area contributed by atoms with E-state index in [1.165, 1.54) is 11.8 Å². The molecule has 5 heteroatoms. The van der Waals surface area contributed by atoms with Gasteiger partial charge in [-0.05, 0) is 18.9 Å². The average molecular weight is 255 g/mol. The number of ether oxygens (including phenoxy) is 1. The fraction of sp³-hybridized carbons (Fsp3) is 0.500. The molecule has 1 aliphatic rings. The van der Waals surface area contributed by atoms with Crippen molar-refractivity contribution >= 4 is 10.0 Å². The van der Waals surface area contributed by atoms with Gasteiger partial charge in [-0.2, -0.15) is 0 Å². The second-order valence-corrected chi connectivity index (χ2v) is 6.27. The molecule has 1 saturated heterocycles. The van der Waals surface area contributed by atoms with Gasteiger partial charge in [-0.1, -0.05) is 29.8 Å². The minimum absolute atomic E-state index is 0.160. The van der Waals surface area contributed by atoms with E-state index in [1.807, 2.05) is 31.2 Å². The van der Waals surface area contributed by atoms with Crippen LogP contribution in [-0.4, -0.2) is 27.3 Å². The highest BCUT2D eigenvalue weighted by molar-refractivity contribution is 7.88. The first-order chi connectivity index (χ1) is 7.96. The molecule has 2 unspecified atom stereocenters. The van der Waals surface area contributed by atoms with E-state index in [0.717, 1.165) is 5.56 Å². The van der Waals surface area contributed by atoms with Gasteiger partial charge in [0.2, 0.25) is 10.0 Å². The van der Waals surface area contributed by atoms with Crippen molar-refractivity contribution in [3.8, 4) is 0 Å². The first-order valence-corrected chi connectivity index (χ1v) is 7.50. The van der Waals surface area contributed by atoms with Crippen LogP contribution in [0.1, 0.15) is 23.7 Å². The van der Waals surface area contributed by atoms with Crippen LogP contribution in [0.3, 0.4) is 0 Å². The normalized spacial score (nSPS) is 25.1. The van der Waals surface area contributed by atoms with Crippen molar-refractivity contribution in [2.45, 2.75) is 25.5 Å². The van der Waals surface area contributed by atoms with E-state index in [4.69, 9.17) is 4.74 Å². The predicted molar refractivity (Wildman–Crippen MR) is 66.3 cm³/mol. The van der Waals surface area contributed by atoms with E-state index < -0.39 is 10.0 Å². The minimum Gasteiger partial charge on any atom is -0.372 e. The van der Waals surface area contributed by atoms with Crippen LogP contribution in [0.25, 0.3) is 0 Å². The third-order valence-corrected chi connectivity index (χ3v) is 3.59. The largest absolute Gasteiger partial charge is 0.372 e. The van der Waals surface area contributed by atoms with E-state index in [2.05, 4.69) is 4.72 Å². The highest BCUT2D eigenvalue weighted by Gasteiger charge is 2.31. The van der Waals surface area contributed by atoms with Crippen molar-refractivity contribution in [3.05, 3.63) is 35.4 Å². The molecule has 0 bridgehead atoms. The number of sulfonamides is 1. The lowest BCUT2D eigenvalue weighted by molar-refractivity contribution is 0.102. The molecule has 94 valence electrons. The summed E-state index contributed by atoms with van der Waals surface area (Å²) in [5.74, 6) is 0. The quantitative estimate of drug-likeness (QED) is 0.887. The van der Waals surface area contributed by atoms with Crippen LogP contribution in [0.5, 0.6) is 0 Å². The van der Waals surface area contributed by atoms with E-state index in [-0.39, 0.29) is 12.1 Å². The van der Waals surface area contributed by atoms with Crippen molar-refractivity contribution in [1.29, 1.82) is 0 Å². The third kappa shape index (κ3) is 3.28. The molecule has 0 amide bonds. The maximum atomic E-state index is 11.3. The standard InChI is InChI=1S/C12H17NO3S/c1-9-3-5-10(6-4-9)12-11(7-8-16-12)13-17(2,14)15/h3-6,11-13H,7-8H2,1-2H3. The molecule has 0 radical (unpaired) electrons. The average Bonchev–Trinajstić information content (AvgIpc) is 2.64. The summed E-state index contributed by atoms with van der Waals surface area (Å²) in [6, 6.07) is 7.83. The van der Waals surface area contributed by atoms with E-state index in [1.54, 1.807) is 0 Å². The van der Waals surface area contributed by atoms with Crippen LogP contribution in [-0.2, 0) is 14.8 Å². The van der Waals surface area contributed by atoms with Gasteiger partial charge < -0.3 is 4.74 Å². The van der Waals surface area contributed by atoms with E-state index >= 15 is 0 Å². The number of nitrogens with one attached hydrogen (secondary N) is 1. The van der Waals surface area contributed by atoms with Gasteiger partial charge in [0.1, 0.15) is 0 Å². The SMILES string of the molecule is Cc1ccc(C2OCCC2NS(C)(=O)=O)cc1. The highest BCUT2D eigenvalue weighted by Crippen LogP contribution is 2.29. The predicted octanol–water partition coefficient (Wildman–Crippen LogP) is 1.37. The summed E-state index contributed by atoms with van der Waals surface area (Å²) in [5, 5.41) is 0. The molecule has 1 aromatic carbocycles. The molecule has 0 saturated carbocycles. The van der Waals surface area contributed by atoms with Gasteiger partial charge in [-0.25, -0.2) is 13.1 Å². The zero-order valence-electron chi connectivity index (χ0n) is 10.0. The Bertz CT molecular complexity index is 481. The molecule has 17 heavy (non-hydrogen) atoms. The molecular weight excluding hydrogens is 238 g/mol. The van der Waals surface area contributed by atoms with Crippen LogP contribution < -0.4 is 4.72 Å². The maximum absolute atomic E-state index is 11.3. The lowest BCUT2D eigenvalue weighted by atomic mass is 10.0. The van der Waals surface area contributed by atoms with Gasteiger partial charge in [-0.3, -0.25) is 0 Å². The fourth-order valence-electron chi connectivity index (χ4n) is 2.07. The van der Waals surface area contributed by atoms with Crippen LogP contribution in [0.15, 0.2) is 24.3 Å². The van der Waals surface area contributed by atoms with Crippen LogP contribution >= 0.6 is 0 Å². The number of hydrogen-bond donors (Lipinski definition) is 1. The number of benzene rings is 1. The molecule has 0 aromatic heterocycles. The summed E-state index contributed by atoms with van der Waals surface area (Å²) in [5.41, 5.74) is 2.20. The first-order valence-electron chi connectivity index (χ1n) is 5.61. The summed E-state index contributed by atoms with van der Waals surface area (Å²) in [4.78, 5) is 0. The lowest BCUT2D eigenvalue weighted by Gasteiger charge is -2.19. The lowest BCUT2D eigenvalue weighted by Crippen LogP contribution is -2.35. The van der Waals surface area contributed by atoms with E-state index in [9.17, 15) is 8.42 Å². The van der Waals surface area contributed by atoms with Crippen molar-refractivity contribution in [2.75, 3.05) is 12.9 Å². The Hall–Kier alpha value is -0.910. The molecule has 1 aliphatic heterocycles. The summed E-state index contributed by atoms with van der Waals surface area (Å²) in [7, 11) is -3.19. The van der Waals surface area contributed by atoms with Crippen molar-refractivity contribution in [3.63, 3.8) is 0 Å². The molecule has 0 spiro atoms.